The van der Waals surface area contributed by atoms with Crippen LogP contribution in [0.1, 0.15) is 23.6 Å². The van der Waals surface area contributed by atoms with E-state index in [0.717, 1.165) is 16.7 Å². The summed E-state index contributed by atoms with van der Waals surface area (Å²) in [6, 6.07) is 5.57. The van der Waals surface area contributed by atoms with Crippen molar-refractivity contribution in [2.24, 2.45) is 5.73 Å². The van der Waals surface area contributed by atoms with Gasteiger partial charge in [0.2, 0.25) is 0 Å². The normalized spacial score (nSPS) is 13.8. The highest BCUT2D eigenvalue weighted by Gasteiger charge is 2.29. The Hall–Kier alpha value is -1.88. The van der Waals surface area contributed by atoms with E-state index in [2.05, 4.69) is 5.32 Å². The number of aliphatic hydroxyl groups is 1. The average Bonchev–Trinajstić information content (AvgIpc) is 2.32. The van der Waals surface area contributed by atoms with Gasteiger partial charge in [-0.15, -0.1) is 0 Å². The zero-order chi connectivity index (χ0) is 13.9. The molecule has 0 heterocycles. The molecular weight excluding hydrogens is 232 g/mol. The van der Waals surface area contributed by atoms with Crippen molar-refractivity contribution in [1.82, 2.24) is 5.32 Å². The SMILES string of the molecule is Cc1ccc(C(C)(CO)NC(=O)C(N)=O)cc1C. The largest absolute Gasteiger partial charge is 0.394 e. The fraction of sp³-hybridized carbons (Fsp3) is 0.385. The van der Waals surface area contributed by atoms with Crippen molar-refractivity contribution in [2.75, 3.05) is 6.61 Å². The third-order valence-electron chi connectivity index (χ3n) is 3.07. The Morgan fingerprint density at radius 1 is 1.33 bits per heavy atom. The molecular formula is C13H18N2O3. The molecule has 0 spiro atoms. The van der Waals surface area contributed by atoms with E-state index >= 15 is 0 Å². The quantitative estimate of drug-likeness (QED) is 0.665. The monoisotopic (exact) mass is 250 g/mol. The lowest BCUT2D eigenvalue weighted by molar-refractivity contribution is -0.138. The summed E-state index contributed by atoms with van der Waals surface area (Å²) < 4.78 is 0. The van der Waals surface area contributed by atoms with E-state index in [-0.39, 0.29) is 6.61 Å². The Morgan fingerprint density at radius 3 is 2.39 bits per heavy atom. The number of amides is 2. The molecule has 1 atom stereocenters. The fourth-order valence-electron chi connectivity index (χ4n) is 1.60. The molecule has 18 heavy (non-hydrogen) atoms. The standard InChI is InChI=1S/C13H18N2O3/c1-8-4-5-10(6-9(8)2)13(3,7-16)15-12(18)11(14)17/h4-6,16H,7H2,1-3H3,(H2,14,17)(H,15,18). The van der Waals surface area contributed by atoms with E-state index in [1.54, 1.807) is 13.0 Å². The number of hydrogen-bond acceptors (Lipinski definition) is 3. The second-order valence-corrected chi connectivity index (χ2v) is 4.61. The maximum Gasteiger partial charge on any atom is 0.309 e. The Bertz CT molecular complexity index is 485. The number of aliphatic hydroxyl groups excluding tert-OH is 1. The van der Waals surface area contributed by atoms with E-state index in [9.17, 15) is 14.7 Å². The molecule has 0 saturated heterocycles. The summed E-state index contributed by atoms with van der Waals surface area (Å²) in [6.45, 7) is 5.22. The predicted molar refractivity (Wildman–Crippen MR) is 67.7 cm³/mol. The summed E-state index contributed by atoms with van der Waals surface area (Å²) in [5.41, 5.74) is 6.75. The molecule has 0 aliphatic rings. The van der Waals surface area contributed by atoms with Gasteiger partial charge in [-0.2, -0.15) is 0 Å². The second kappa shape index (κ2) is 5.18. The first kappa shape index (κ1) is 14.2. The molecule has 0 aromatic heterocycles. The number of benzene rings is 1. The lowest BCUT2D eigenvalue weighted by Crippen LogP contribution is -2.50. The highest BCUT2D eigenvalue weighted by atomic mass is 16.3. The molecule has 0 radical (unpaired) electrons. The lowest BCUT2D eigenvalue weighted by atomic mass is 9.90. The number of aryl methyl sites for hydroxylation is 2. The maximum atomic E-state index is 11.3. The lowest BCUT2D eigenvalue weighted by Gasteiger charge is -2.29. The molecule has 0 saturated carbocycles. The van der Waals surface area contributed by atoms with Crippen molar-refractivity contribution in [2.45, 2.75) is 26.3 Å². The van der Waals surface area contributed by atoms with Gasteiger partial charge in [-0.25, -0.2) is 0 Å². The topological polar surface area (TPSA) is 92.4 Å². The van der Waals surface area contributed by atoms with Crippen LogP contribution in [0.2, 0.25) is 0 Å². The summed E-state index contributed by atoms with van der Waals surface area (Å²) in [7, 11) is 0. The maximum absolute atomic E-state index is 11.3. The van der Waals surface area contributed by atoms with Crippen LogP contribution >= 0.6 is 0 Å². The van der Waals surface area contributed by atoms with Gasteiger partial charge in [-0.05, 0) is 37.5 Å². The molecule has 5 heteroatoms. The Balaban J connectivity index is 3.10. The zero-order valence-corrected chi connectivity index (χ0v) is 10.8. The molecule has 4 N–H and O–H groups in total. The first-order valence-electron chi connectivity index (χ1n) is 5.60. The summed E-state index contributed by atoms with van der Waals surface area (Å²) in [6.07, 6.45) is 0. The number of nitrogens with one attached hydrogen (secondary N) is 1. The minimum absolute atomic E-state index is 0.325. The number of nitrogens with two attached hydrogens (primary N) is 1. The Morgan fingerprint density at radius 2 is 1.94 bits per heavy atom. The van der Waals surface area contributed by atoms with Crippen LogP contribution in [0.25, 0.3) is 0 Å². The highest BCUT2D eigenvalue weighted by Crippen LogP contribution is 2.22. The summed E-state index contributed by atoms with van der Waals surface area (Å²) in [5.74, 6) is -1.98. The summed E-state index contributed by atoms with van der Waals surface area (Å²) in [4.78, 5) is 22.1. The first-order valence-corrected chi connectivity index (χ1v) is 5.60. The van der Waals surface area contributed by atoms with Crippen LogP contribution in [0.5, 0.6) is 0 Å². The van der Waals surface area contributed by atoms with Gasteiger partial charge in [0.05, 0.1) is 12.1 Å². The van der Waals surface area contributed by atoms with Crippen molar-refractivity contribution in [1.29, 1.82) is 0 Å². The van der Waals surface area contributed by atoms with Crippen LogP contribution in [0.15, 0.2) is 18.2 Å². The second-order valence-electron chi connectivity index (χ2n) is 4.61. The molecule has 1 aromatic rings. The van der Waals surface area contributed by atoms with Crippen molar-refractivity contribution >= 4 is 11.8 Å². The van der Waals surface area contributed by atoms with Crippen molar-refractivity contribution in [3.63, 3.8) is 0 Å². The van der Waals surface area contributed by atoms with Gasteiger partial charge < -0.3 is 16.2 Å². The van der Waals surface area contributed by atoms with Crippen LogP contribution < -0.4 is 11.1 Å². The van der Waals surface area contributed by atoms with Gasteiger partial charge in [0.25, 0.3) is 0 Å². The highest BCUT2D eigenvalue weighted by molar-refractivity contribution is 6.34. The summed E-state index contributed by atoms with van der Waals surface area (Å²) in [5, 5.41) is 11.9. The zero-order valence-electron chi connectivity index (χ0n) is 10.8. The van der Waals surface area contributed by atoms with Gasteiger partial charge in [-0.1, -0.05) is 18.2 Å². The molecule has 0 aliphatic carbocycles. The van der Waals surface area contributed by atoms with Crippen molar-refractivity contribution in [3.05, 3.63) is 34.9 Å². The third-order valence-corrected chi connectivity index (χ3v) is 3.07. The van der Waals surface area contributed by atoms with Crippen LogP contribution in [-0.4, -0.2) is 23.5 Å². The van der Waals surface area contributed by atoms with E-state index < -0.39 is 17.4 Å². The molecule has 2 amide bonds. The molecule has 1 rings (SSSR count). The molecule has 1 unspecified atom stereocenters. The molecule has 1 aromatic carbocycles. The number of primary amides is 1. The van der Waals surface area contributed by atoms with Crippen LogP contribution in [0.3, 0.4) is 0 Å². The van der Waals surface area contributed by atoms with Crippen LogP contribution in [0, 0.1) is 13.8 Å². The Labute approximate surface area is 106 Å². The summed E-state index contributed by atoms with van der Waals surface area (Å²) >= 11 is 0. The average molecular weight is 250 g/mol. The van der Waals surface area contributed by atoms with Crippen LogP contribution in [0.4, 0.5) is 0 Å². The van der Waals surface area contributed by atoms with Gasteiger partial charge in [0.1, 0.15) is 0 Å². The molecule has 98 valence electrons. The minimum Gasteiger partial charge on any atom is -0.394 e. The predicted octanol–water partition coefficient (Wildman–Crippen LogP) is 0.112. The smallest absolute Gasteiger partial charge is 0.309 e. The van der Waals surface area contributed by atoms with Crippen molar-refractivity contribution < 1.29 is 14.7 Å². The number of hydrogen-bond donors (Lipinski definition) is 3. The van der Waals surface area contributed by atoms with Gasteiger partial charge in [0.15, 0.2) is 0 Å². The third kappa shape index (κ3) is 2.87. The van der Waals surface area contributed by atoms with E-state index in [1.165, 1.54) is 0 Å². The van der Waals surface area contributed by atoms with Gasteiger partial charge >= 0.3 is 11.8 Å². The molecule has 0 fully saturated rings. The van der Waals surface area contributed by atoms with E-state index in [1.807, 2.05) is 26.0 Å². The Kier molecular flexibility index (Phi) is 4.08. The fourth-order valence-corrected chi connectivity index (χ4v) is 1.60. The first-order chi connectivity index (χ1) is 8.30. The van der Waals surface area contributed by atoms with E-state index in [0.29, 0.717) is 0 Å². The minimum atomic E-state index is -1.07. The van der Waals surface area contributed by atoms with Gasteiger partial charge in [0, 0.05) is 0 Å². The van der Waals surface area contributed by atoms with Crippen LogP contribution in [-0.2, 0) is 15.1 Å². The van der Waals surface area contributed by atoms with Crippen molar-refractivity contribution in [3.8, 4) is 0 Å². The van der Waals surface area contributed by atoms with E-state index in [4.69, 9.17) is 5.73 Å². The molecule has 5 nitrogen and oxygen atoms in total. The number of carbonyl (C=O) groups is 2. The molecule has 0 bridgehead atoms. The molecule has 0 aliphatic heterocycles. The van der Waals surface area contributed by atoms with Gasteiger partial charge in [-0.3, -0.25) is 9.59 Å². The number of carbonyl (C=O) groups excluding carboxylic acids is 2. The number of rotatable bonds is 3.